The van der Waals surface area contributed by atoms with Crippen molar-refractivity contribution in [2.24, 2.45) is 5.92 Å². The summed E-state index contributed by atoms with van der Waals surface area (Å²) in [5.74, 6) is -4.66. The molecular weight excluding hydrogens is 334 g/mol. The van der Waals surface area contributed by atoms with Gasteiger partial charge >= 0.3 is 5.97 Å². The van der Waals surface area contributed by atoms with Crippen LogP contribution in [0.5, 0.6) is 0 Å². The molecule has 6 nitrogen and oxygen atoms in total. The van der Waals surface area contributed by atoms with Gasteiger partial charge in [-0.05, 0) is 25.5 Å². The van der Waals surface area contributed by atoms with E-state index in [4.69, 9.17) is 0 Å². The van der Waals surface area contributed by atoms with Crippen LogP contribution in [0.1, 0.15) is 33.1 Å². The minimum atomic E-state index is -1.43. The first-order valence-corrected chi connectivity index (χ1v) is 7.98. The van der Waals surface area contributed by atoms with Gasteiger partial charge in [0.05, 0.1) is 11.6 Å². The van der Waals surface area contributed by atoms with Crippen LogP contribution in [0.15, 0.2) is 18.2 Å². The summed E-state index contributed by atoms with van der Waals surface area (Å²) in [6, 6.07) is 2.84. The molecular formula is C17H20F2N2O4. The van der Waals surface area contributed by atoms with Crippen LogP contribution in [0.2, 0.25) is 0 Å². The van der Waals surface area contributed by atoms with E-state index in [-0.39, 0.29) is 25.1 Å². The molecule has 0 spiro atoms. The van der Waals surface area contributed by atoms with E-state index in [0.717, 1.165) is 17.0 Å². The fourth-order valence-electron chi connectivity index (χ4n) is 2.91. The van der Waals surface area contributed by atoms with Crippen LogP contribution in [0.25, 0.3) is 0 Å². The maximum absolute atomic E-state index is 13.9. The van der Waals surface area contributed by atoms with E-state index in [9.17, 15) is 28.3 Å². The third-order valence-corrected chi connectivity index (χ3v) is 4.32. The molecule has 2 rings (SSSR count). The molecule has 2 atom stereocenters. The van der Waals surface area contributed by atoms with Gasteiger partial charge in [-0.2, -0.15) is 0 Å². The van der Waals surface area contributed by atoms with Crippen LogP contribution in [-0.4, -0.2) is 35.0 Å². The van der Waals surface area contributed by atoms with Crippen LogP contribution in [0.4, 0.5) is 14.5 Å². The number of aliphatic carboxylic acids is 1. The molecule has 0 aromatic heterocycles. The smallest absolute Gasteiger partial charge is 0.329 e. The van der Waals surface area contributed by atoms with Crippen LogP contribution in [0.3, 0.4) is 0 Å². The Kier molecular flexibility index (Phi) is 5.39. The Morgan fingerprint density at radius 1 is 1.40 bits per heavy atom. The van der Waals surface area contributed by atoms with Crippen LogP contribution in [0, 0.1) is 17.6 Å². The molecule has 1 aromatic carbocycles. The number of nitrogens with zero attached hydrogens (tertiary/aromatic N) is 1. The lowest BCUT2D eigenvalue weighted by molar-refractivity contribution is -0.147. The standard InChI is InChI=1S/C17H20F2N2O4/c1-3-6-17(2,16(24)25)20-15(23)10-7-14(22)21(9-10)13-5-4-11(18)8-12(13)19/h4-5,8,10H,3,6-7,9H2,1-2H3,(H,20,23)(H,24,25). The van der Waals surface area contributed by atoms with Crippen molar-refractivity contribution in [1.82, 2.24) is 5.32 Å². The fraction of sp³-hybridized carbons (Fsp3) is 0.471. The average molecular weight is 354 g/mol. The van der Waals surface area contributed by atoms with Crippen molar-refractivity contribution < 1.29 is 28.3 Å². The number of rotatable bonds is 6. The van der Waals surface area contributed by atoms with E-state index >= 15 is 0 Å². The van der Waals surface area contributed by atoms with Gasteiger partial charge in [0, 0.05) is 19.0 Å². The van der Waals surface area contributed by atoms with Gasteiger partial charge in [-0.25, -0.2) is 13.6 Å². The number of carboxylic acid groups (broad SMARTS) is 1. The summed E-state index contributed by atoms with van der Waals surface area (Å²) in [6.45, 7) is 3.12. The number of amides is 2. The van der Waals surface area contributed by atoms with E-state index in [0.29, 0.717) is 12.5 Å². The van der Waals surface area contributed by atoms with Crippen molar-refractivity contribution in [2.75, 3.05) is 11.4 Å². The van der Waals surface area contributed by atoms with Crippen molar-refractivity contribution >= 4 is 23.5 Å². The first kappa shape index (κ1) is 18.8. The maximum Gasteiger partial charge on any atom is 0.329 e. The van der Waals surface area contributed by atoms with Gasteiger partial charge in [-0.3, -0.25) is 9.59 Å². The predicted molar refractivity (Wildman–Crippen MR) is 85.9 cm³/mol. The van der Waals surface area contributed by atoms with E-state index in [1.165, 1.54) is 6.92 Å². The summed E-state index contributed by atoms with van der Waals surface area (Å²) in [5.41, 5.74) is -1.53. The second-order valence-corrected chi connectivity index (χ2v) is 6.38. The minimum absolute atomic E-state index is 0.0883. The van der Waals surface area contributed by atoms with Gasteiger partial charge < -0.3 is 15.3 Å². The lowest BCUT2D eigenvalue weighted by Crippen LogP contribution is -2.54. The summed E-state index contributed by atoms with van der Waals surface area (Å²) in [6.07, 6.45) is 0.634. The number of benzene rings is 1. The number of carbonyl (C=O) groups excluding carboxylic acids is 2. The van der Waals surface area contributed by atoms with Gasteiger partial charge in [0.25, 0.3) is 0 Å². The molecule has 8 heteroatoms. The van der Waals surface area contributed by atoms with Crippen LogP contribution in [-0.2, 0) is 14.4 Å². The lowest BCUT2D eigenvalue weighted by Gasteiger charge is -2.27. The highest BCUT2D eigenvalue weighted by Gasteiger charge is 2.40. The molecule has 0 radical (unpaired) electrons. The Morgan fingerprint density at radius 3 is 2.64 bits per heavy atom. The van der Waals surface area contributed by atoms with E-state index in [2.05, 4.69) is 5.32 Å². The molecule has 1 aromatic rings. The van der Waals surface area contributed by atoms with Crippen LogP contribution < -0.4 is 10.2 Å². The van der Waals surface area contributed by atoms with Crippen LogP contribution >= 0.6 is 0 Å². The third kappa shape index (κ3) is 3.94. The Hall–Kier alpha value is -2.51. The number of halogens is 2. The van der Waals surface area contributed by atoms with Gasteiger partial charge in [-0.15, -0.1) is 0 Å². The average Bonchev–Trinajstić information content (AvgIpc) is 2.89. The zero-order chi connectivity index (χ0) is 18.8. The topological polar surface area (TPSA) is 86.7 Å². The van der Waals surface area contributed by atoms with E-state index in [1.54, 1.807) is 6.92 Å². The Morgan fingerprint density at radius 2 is 2.08 bits per heavy atom. The molecule has 1 saturated heterocycles. The quantitative estimate of drug-likeness (QED) is 0.819. The van der Waals surface area contributed by atoms with Crippen molar-refractivity contribution in [1.29, 1.82) is 0 Å². The molecule has 0 aliphatic carbocycles. The maximum atomic E-state index is 13.9. The Labute approximate surface area is 143 Å². The van der Waals surface area contributed by atoms with Gasteiger partial charge in [0.2, 0.25) is 11.8 Å². The van der Waals surface area contributed by atoms with Gasteiger partial charge in [0.1, 0.15) is 17.2 Å². The monoisotopic (exact) mass is 354 g/mol. The molecule has 2 N–H and O–H groups in total. The van der Waals surface area contributed by atoms with E-state index in [1.807, 2.05) is 0 Å². The SMILES string of the molecule is CCCC(C)(NC(=O)C1CC(=O)N(c2ccc(F)cc2F)C1)C(=O)O. The number of carbonyl (C=O) groups is 3. The summed E-state index contributed by atoms with van der Waals surface area (Å²) < 4.78 is 26.9. The van der Waals surface area contributed by atoms with Gasteiger partial charge in [-0.1, -0.05) is 13.3 Å². The first-order valence-electron chi connectivity index (χ1n) is 7.98. The van der Waals surface area contributed by atoms with Crippen molar-refractivity contribution in [2.45, 2.75) is 38.6 Å². The molecule has 1 aliphatic rings. The molecule has 1 heterocycles. The summed E-state index contributed by atoms with van der Waals surface area (Å²) in [7, 11) is 0. The molecule has 0 saturated carbocycles. The normalized spacial score (nSPS) is 19.6. The molecule has 1 fully saturated rings. The summed E-state index contributed by atoms with van der Waals surface area (Å²) in [5, 5.41) is 11.8. The lowest BCUT2D eigenvalue weighted by atomic mass is 9.95. The van der Waals surface area contributed by atoms with Crippen molar-refractivity contribution in [3.63, 3.8) is 0 Å². The van der Waals surface area contributed by atoms with Crippen molar-refractivity contribution in [3.8, 4) is 0 Å². The molecule has 136 valence electrons. The molecule has 0 bridgehead atoms. The fourth-order valence-corrected chi connectivity index (χ4v) is 2.91. The zero-order valence-corrected chi connectivity index (χ0v) is 14.0. The Balaban J connectivity index is 2.13. The molecule has 2 amide bonds. The number of hydrogen-bond donors (Lipinski definition) is 2. The summed E-state index contributed by atoms with van der Waals surface area (Å²) >= 11 is 0. The summed E-state index contributed by atoms with van der Waals surface area (Å²) in [4.78, 5) is 37.0. The number of nitrogens with one attached hydrogen (secondary N) is 1. The third-order valence-electron chi connectivity index (χ3n) is 4.32. The number of anilines is 1. The highest BCUT2D eigenvalue weighted by Crippen LogP contribution is 2.28. The number of hydrogen-bond acceptors (Lipinski definition) is 3. The predicted octanol–water partition coefficient (Wildman–Crippen LogP) is 2.08. The molecule has 1 aliphatic heterocycles. The van der Waals surface area contributed by atoms with Crippen molar-refractivity contribution in [3.05, 3.63) is 29.8 Å². The highest BCUT2D eigenvalue weighted by molar-refractivity contribution is 6.01. The highest BCUT2D eigenvalue weighted by atomic mass is 19.1. The minimum Gasteiger partial charge on any atom is -0.480 e. The molecule has 25 heavy (non-hydrogen) atoms. The zero-order valence-electron chi connectivity index (χ0n) is 14.0. The number of carboxylic acids is 1. The molecule has 2 unspecified atom stereocenters. The van der Waals surface area contributed by atoms with Gasteiger partial charge in [0.15, 0.2) is 0 Å². The largest absolute Gasteiger partial charge is 0.480 e. The Bertz CT molecular complexity index is 710. The first-order chi connectivity index (χ1) is 11.7. The second-order valence-electron chi connectivity index (χ2n) is 6.38. The van der Waals surface area contributed by atoms with E-state index < -0.39 is 40.9 Å². The second kappa shape index (κ2) is 7.16.